The molecule has 1 aliphatic rings. The molecular formula is C12H19NO2S. The molecule has 0 aliphatic carbocycles. The van der Waals surface area contributed by atoms with Gasteiger partial charge in [0.25, 0.3) is 0 Å². The van der Waals surface area contributed by atoms with Gasteiger partial charge in [0.1, 0.15) is 0 Å². The van der Waals surface area contributed by atoms with Crippen LogP contribution in [0.5, 0.6) is 0 Å². The van der Waals surface area contributed by atoms with E-state index in [1.807, 2.05) is 18.3 Å². The van der Waals surface area contributed by atoms with E-state index in [9.17, 15) is 10.2 Å². The minimum atomic E-state index is -0.381. The van der Waals surface area contributed by atoms with Crippen molar-refractivity contribution < 1.29 is 10.2 Å². The van der Waals surface area contributed by atoms with Crippen LogP contribution in [0.1, 0.15) is 17.4 Å². The highest BCUT2D eigenvalue weighted by Gasteiger charge is 2.27. The standard InChI is InChI=1S/C12H19NO2S/c1-12(8-14,9-15)7-13-4-2-11-10(6-13)3-5-16-11/h3,5,14-15H,2,4,6-9H2,1H3. The summed E-state index contributed by atoms with van der Waals surface area (Å²) in [5, 5.41) is 20.7. The van der Waals surface area contributed by atoms with Crippen molar-refractivity contribution in [2.75, 3.05) is 26.3 Å². The van der Waals surface area contributed by atoms with Gasteiger partial charge in [-0.1, -0.05) is 6.92 Å². The number of hydrogen-bond donors (Lipinski definition) is 2. The molecule has 0 atom stereocenters. The fourth-order valence-electron chi connectivity index (χ4n) is 2.13. The van der Waals surface area contributed by atoms with Crippen LogP contribution in [0, 0.1) is 5.41 Å². The van der Waals surface area contributed by atoms with Crippen LogP contribution in [0.4, 0.5) is 0 Å². The fraction of sp³-hybridized carbons (Fsp3) is 0.667. The van der Waals surface area contributed by atoms with Crippen molar-refractivity contribution in [2.24, 2.45) is 5.41 Å². The fourth-order valence-corrected chi connectivity index (χ4v) is 3.02. The summed E-state index contributed by atoms with van der Waals surface area (Å²) in [4.78, 5) is 3.81. The molecule has 0 radical (unpaired) electrons. The lowest BCUT2D eigenvalue weighted by Gasteiger charge is -2.34. The molecule has 0 fully saturated rings. The van der Waals surface area contributed by atoms with Gasteiger partial charge in [-0.2, -0.15) is 0 Å². The molecule has 0 bridgehead atoms. The number of fused-ring (bicyclic) bond motifs is 1. The summed E-state index contributed by atoms with van der Waals surface area (Å²) < 4.78 is 0. The lowest BCUT2D eigenvalue weighted by Crippen LogP contribution is -2.42. The average Bonchev–Trinajstić information content (AvgIpc) is 2.76. The second-order valence-electron chi connectivity index (χ2n) is 4.96. The third kappa shape index (κ3) is 2.46. The van der Waals surface area contributed by atoms with Crippen LogP contribution in [-0.4, -0.2) is 41.4 Å². The van der Waals surface area contributed by atoms with Crippen molar-refractivity contribution in [2.45, 2.75) is 19.9 Å². The predicted molar refractivity (Wildman–Crippen MR) is 65.6 cm³/mol. The second-order valence-corrected chi connectivity index (χ2v) is 5.96. The molecule has 16 heavy (non-hydrogen) atoms. The Labute approximate surface area is 100 Å². The van der Waals surface area contributed by atoms with Gasteiger partial charge in [0.2, 0.25) is 0 Å². The Bertz CT molecular complexity index is 347. The van der Waals surface area contributed by atoms with E-state index in [-0.39, 0.29) is 18.6 Å². The van der Waals surface area contributed by atoms with Crippen molar-refractivity contribution >= 4 is 11.3 Å². The SMILES string of the molecule is CC(CO)(CO)CN1CCc2sccc2C1. The molecule has 4 heteroatoms. The molecule has 0 amide bonds. The van der Waals surface area contributed by atoms with Crippen LogP contribution in [0.2, 0.25) is 0 Å². The van der Waals surface area contributed by atoms with E-state index in [1.165, 1.54) is 10.4 Å². The maximum atomic E-state index is 9.29. The molecule has 90 valence electrons. The first kappa shape index (κ1) is 12.0. The molecule has 0 saturated carbocycles. The van der Waals surface area contributed by atoms with Crippen LogP contribution in [0.3, 0.4) is 0 Å². The molecule has 3 nitrogen and oxygen atoms in total. The van der Waals surface area contributed by atoms with Crippen molar-refractivity contribution in [3.8, 4) is 0 Å². The lowest BCUT2D eigenvalue weighted by molar-refractivity contribution is 0.0314. The number of aliphatic hydroxyl groups excluding tert-OH is 2. The van der Waals surface area contributed by atoms with Crippen molar-refractivity contribution in [1.29, 1.82) is 0 Å². The molecule has 2 heterocycles. The Morgan fingerprint density at radius 3 is 2.88 bits per heavy atom. The van der Waals surface area contributed by atoms with E-state index in [0.29, 0.717) is 0 Å². The first-order valence-electron chi connectivity index (χ1n) is 5.66. The van der Waals surface area contributed by atoms with Gasteiger partial charge in [0.15, 0.2) is 0 Å². The zero-order chi connectivity index (χ0) is 11.6. The molecule has 1 aliphatic heterocycles. The number of nitrogens with zero attached hydrogens (tertiary/aromatic N) is 1. The minimum absolute atomic E-state index is 0.0382. The molecule has 0 spiro atoms. The Hall–Kier alpha value is -0.420. The van der Waals surface area contributed by atoms with Gasteiger partial charge in [0, 0.05) is 29.9 Å². The largest absolute Gasteiger partial charge is 0.396 e. The van der Waals surface area contributed by atoms with Crippen molar-refractivity contribution in [3.05, 3.63) is 21.9 Å². The van der Waals surface area contributed by atoms with Gasteiger partial charge in [-0.15, -0.1) is 11.3 Å². The first-order chi connectivity index (χ1) is 7.67. The highest BCUT2D eigenvalue weighted by atomic mass is 32.1. The molecule has 2 N–H and O–H groups in total. The van der Waals surface area contributed by atoms with E-state index in [2.05, 4.69) is 16.3 Å². The maximum Gasteiger partial charge on any atom is 0.0519 e. The van der Waals surface area contributed by atoms with Gasteiger partial charge < -0.3 is 10.2 Å². The molecule has 1 aromatic rings. The van der Waals surface area contributed by atoms with E-state index in [4.69, 9.17) is 0 Å². The van der Waals surface area contributed by atoms with Gasteiger partial charge in [-0.3, -0.25) is 4.90 Å². The predicted octanol–water partition coefficient (Wildman–Crippen LogP) is 1.10. The Morgan fingerprint density at radius 2 is 2.19 bits per heavy atom. The molecular weight excluding hydrogens is 222 g/mol. The van der Waals surface area contributed by atoms with E-state index < -0.39 is 0 Å². The van der Waals surface area contributed by atoms with Crippen LogP contribution in [-0.2, 0) is 13.0 Å². The highest BCUT2D eigenvalue weighted by Crippen LogP contribution is 2.26. The number of thiophene rings is 1. The van der Waals surface area contributed by atoms with Crippen LogP contribution >= 0.6 is 11.3 Å². The summed E-state index contributed by atoms with van der Waals surface area (Å²) in [6, 6.07) is 2.18. The summed E-state index contributed by atoms with van der Waals surface area (Å²) >= 11 is 1.83. The normalized spacial score (nSPS) is 17.4. The Morgan fingerprint density at radius 1 is 1.44 bits per heavy atom. The average molecular weight is 241 g/mol. The van der Waals surface area contributed by atoms with Crippen LogP contribution < -0.4 is 0 Å². The van der Waals surface area contributed by atoms with Crippen LogP contribution in [0.25, 0.3) is 0 Å². The summed E-state index contributed by atoms with van der Waals surface area (Å²) in [5.41, 5.74) is 1.03. The zero-order valence-corrected chi connectivity index (χ0v) is 10.5. The minimum Gasteiger partial charge on any atom is -0.396 e. The first-order valence-corrected chi connectivity index (χ1v) is 6.54. The molecule has 0 aromatic carbocycles. The maximum absolute atomic E-state index is 9.29. The quantitative estimate of drug-likeness (QED) is 0.829. The van der Waals surface area contributed by atoms with Crippen LogP contribution in [0.15, 0.2) is 11.4 Å². The van der Waals surface area contributed by atoms with Gasteiger partial charge in [-0.25, -0.2) is 0 Å². The third-order valence-electron chi connectivity index (χ3n) is 3.26. The monoisotopic (exact) mass is 241 g/mol. The number of hydrogen-bond acceptors (Lipinski definition) is 4. The third-order valence-corrected chi connectivity index (χ3v) is 4.28. The second kappa shape index (κ2) is 4.84. The smallest absolute Gasteiger partial charge is 0.0519 e. The van der Waals surface area contributed by atoms with Gasteiger partial charge in [-0.05, 0) is 23.4 Å². The summed E-state index contributed by atoms with van der Waals surface area (Å²) in [6.45, 7) is 4.75. The van der Waals surface area contributed by atoms with Gasteiger partial charge in [0.05, 0.1) is 13.2 Å². The summed E-state index contributed by atoms with van der Waals surface area (Å²) in [6.07, 6.45) is 1.10. The lowest BCUT2D eigenvalue weighted by atomic mass is 9.91. The Balaban J connectivity index is 1.99. The Kier molecular flexibility index (Phi) is 3.64. The van der Waals surface area contributed by atoms with Crippen molar-refractivity contribution in [3.63, 3.8) is 0 Å². The molecule has 0 unspecified atom stereocenters. The number of aliphatic hydroxyl groups is 2. The summed E-state index contributed by atoms with van der Waals surface area (Å²) in [7, 11) is 0. The van der Waals surface area contributed by atoms with Gasteiger partial charge >= 0.3 is 0 Å². The summed E-state index contributed by atoms with van der Waals surface area (Å²) in [5.74, 6) is 0. The molecule has 2 rings (SSSR count). The van der Waals surface area contributed by atoms with E-state index in [0.717, 1.165) is 26.1 Å². The topological polar surface area (TPSA) is 43.7 Å². The molecule has 1 aromatic heterocycles. The number of rotatable bonds is 4. The van der Waals surface area contributed by atoms with E-state index in [1.54, 1.807) is 0 Å². The molecule has 0 saturated heterocycles. The highest BCUT2D eigenvalue weighted by molar-refractivity contribution is 7.10. The van der Waals surface area contributed by atoms with E-state index >= 15 is 0 Å². The zero-order valence-electron chi connectivity index (χ0n) is 9.65. The van der Waals surface area contributed by atoms with Crippen molar-refractivity contribution in [1.82, 2.24) is 4.90 Å².